The summed E-state index contributed by atoms with van der Waals surface area (Å²) in [7, 11) is 0. The first kappa shape index (κ1) is 24.7. The minimum absolute atomic E-state index is 0.0130. The maximum atomic E-state index is 13.0. The van der Waals surface area contributed by atoms with E-state index in [4.69, 9.17) is 5.11 Å². The molecule has 0 bridgehead atoms. The molecule has 0 spiro atoms. The number of amides is 3. The molecule has 7 N–H and O–H groups in total. The maximum Gasteiger partial charge on any atom is 0.322 e. The van der Waals surface area contributed by atoms with E-state index >= 15 is 0 Å². The van der Waals surface area contributed by atoms with Gasteiger partial charge in [-0.25, -0.2) is 0 Å². The largest absolute Gasteiger partial charge is 0.481 e. The molecule has 3 atom stereocenters. The lowest BCUT2D eigenvalue weighted by atomic mass is 10.0. The van der Waals surface area contributed by atoms with Crippen molar-refractivity contribution in [3.63, 3.8) is 0 Å². The van der Waals surface area contributed by atoms with Gasteiger partial charge in [-0.1, -0.05) is 18.2 Å². The lowest BCUT2D eigenvalue weighted by Gasteiger charge is -2.23. The molecular weight excluding hydrogens is 446 g/mol. The number of rotatable bonds is 11. The van der Waals surface area contributed by atoms with Gasteiger partial charge in [-0.05, 0) is 31.0 Å². The second-order valence-electron chi connectivity index (χ2n) is 8.04. The van der Waals surface area contributed by atoms with Gasteiger partial charge in [0.2, 0.25) is 17.7 Å². The summed E-state index contributed by atoms with van der Waals surface area (Å²) in [5.74, 6) is -4.67. The fraction of sp³-hybridized carbons (Fsp3) is 0.409. The third-order valence-electron chi connectivity index (χ3n) is 5.53. The number of aliphatic carboxylic acids is 2. The molecule has 1 aliphatic rings. The molecule has 3 rings (SSSR count). The van der Waals surface area contributed by atoms with Crippen molar-refractivity contribution in [2.45, 2.75) is 43.8 Å². The van der Waals surface area contributed by atoms with Crippen molar-refractivity contribution in [1.82, 2.24) is 26.3 Å². The molecule has 3 unspecified atom stereocenters. The molecule has 1 saturated heterocycles. The molecule has 1 aromatic carbocycles. The predicted molar refractivity (Wildman–Crippen MR) is 120 cm³/mol. The number of hydrogen-bond donors (Lipinski definition) is 7. The van der Waals surface area contributed by atoms with E-state index < -0.39 is 60.8 Å². The van der Waals surface area contributed by atoms with Gasteiger partial charge in [-0.3, -0.25) is 24.0 Å². The second-order valence-corrected chi connectivity index (χ2v) is 8.04. The van der Waals surface area contributed by atoms with Crippen LogP contribution in [0.3, 0.4) is 0 Å². The zero-order valence-corrected chi connectivity index (χ0v) is 18.3. The van der Waals surface area contributed by atoms with E-state index in [1.807, 2.05) is 24.3 Å². The Kier molecular flexibility index (Phi) is 8.19. The van der Waals surface area contributed by atoms with Crippen molar-refractivity contribution in [3.8, 4) is 0 Å². The molecule has 12 nitrogen and oxygen atoms in total. The summed E-state index contributed by atoms with van der Waals surface area (Å²) in [5, 5.41) is 29.1. The van der Waals surface area contributed by atoms with Crippen LogP contribution < -0.4 is 21.3 Å². The van der Waals surface area contributed by atoms with Crippen LogP contribution in [0.25, 0.3) is 10.9 Å². The molecule has 2 heterocycles. The highest BCUT2D eigenvalue weighted by atomic mass is 16.4. The standard InChI is InChI=1S/C22H27N5O7/c28-18(29)9-17(27-21(33)15-6-3-7-23-15)22(34)26-16(20(32)25-11-19(30)31)8-12-10-24-14-5-2-1-4-13(12)14/h1-2,4-5,10,15-17,23-24H,3,6-9,11H2,(H,25,32)(H,26,34)(H,27,33)(H,28,29)(H,30,31). The van der Waals surface area contributed by atoms with Crippen LogP contribution in [0.5, 0.6) is 0 Å². The van der Waals surface area contributed by atoms with Crippen LogP contribution in [0.4, 0.5) is 0 Å². The molecule has 182 valence electrons. The van der Waals surface area contributed by atoms with Crippen LogP contribution in [0.1, 0.15) is 24.8 Å². The third-order valence-corrected chi connectivity index (χ3v) is 5.53. The summed E-state index contributed by atoms with van der Waals surface area (Å²) in [6.45, 7) is -0.00788. The zero-order valence-electron chi connectivity index (χ0n) is 18.3. The van der Waals surface area contributed by atoms with Crippen molar-refractivity contribution in [3.05, 3.63) is 36.0 Å². The highest BCUT2D eigenvalue weighted by Gasteiger charge is 2.31. The molecule has 3 amide bonds. The van der Waals surface area contributed by atoms with Gasteiger partial charge >= 0.3 is 11.9 Å². The smallest absolute Gasteiger partial charge is 0.322 e. The summed E-state index contributed by atoms with van der Waals surface area (Å²) in [4.78, 5) is 63.4. The molecule has 34 heavy (non-hydrogen) atoms. The lowest BCUT2D eigenvalue weighted by Crippen LogP contribution is -2.57. The van der Waals surface area contributed by atoms with E-state index in [-0.39, 0.29) is 6.42 Å². The number of carboxylic acid groups (broad SMARTS) is 2. The van der Waals surface area contributed by atoms with Gasteiger partial charge in [0.15, 0.2) is 0 Å². The zero-order chi connectivity index (χ0) is 24.7. The molecule has 12 heteroatoms. The Balaban J connectivity index is 1.77. The summed E-state index contributed by atoms with van der Waals surface area (Å²) in [6.07, 6.45) is 2.36. The number of benzene rings is 1. The summed E-state index contributed by atoms with van der Waals surface area (Å²) in [5.41, 5.74) is 1.51. The molecule has 0 radical (unpaired) electrons. The van der Waals surface area contributed by atoms with Crippen LogP contribution in [0.15, 0.2) is 30.5 Å². The molecule has 1 aliphatic heterocycles. The van der Waals surface area contributed by atoms with Gasteiger partial charge in [0.1, 0.15) is 18.6 Å². The van der Waals surface area contributed by atoms with E-state index in [0.29, 0.717) is 18.5 Å². The fourth-order valence-electron chi connectivity index (χ4n) is 3.85. The van der Waals surface area contributed by atoms with Crippen molar-refractivity contribution in [2.24, 2.45) is 0 Å². The van der Waals surface area contributed by atoms with Crippen molar-refractivity contribution in [1.29, 1.82) is 0 Å². The molecule has 0 aliphatic carbocycles. The van der Waals surface area contributed by atoms with Gasteiger partial charge in [0.25, 0.3) is 0 Å². The SMILES string of the molecule is O=C(O)CNC(=O)C(Cc1c[nH]c2ccccc12)NC(=O)C(CC(=O)O)NC(=O)C1CCCN1. The van der Waals surface area contributed by atoms with E-state index in [9.17, 15) is 29.1 Å². The normalized spacial score (nSPS) is 17.0. The highest BCUT2D eigenvalue weighted by molar-refractivity contribution is 5.96. The van der Waals surface area contributed by atoms with E-state index in [1.54, 1.807) is 6.20 Å². The topological polar surface area (TPSA) is 190 Å². The number of aromatic nitrogens is 1. The highest BCUT2D eigenvalue weighted by Crippen LogP contribution is 2.19. The Bertz CT molecular complexity index is 1080. The van der Waals surface area contributed by atoms with Crippen molar-refractivity contribution >= 4 is 40.6 Å². The summed E-state index contributed by atoms with van der Waals surface area (Å²) < 4.78 is 0. The quantitative estimate of drug-likeness (QED) is 0.219. The van der Waals surface area contributed by atoms with Gasteiger partial charge in [0.05, 0.1) is 12.5 Å². The van der Waals surface area contributed by atoms with Crippen molar-refractivity contribution in [2.75, 3.05) is 13.1 Å². The third kappa shape index (κ3) is 6.54. The Morgan fingerprint density at radius 3 is 2.44 bits per heavy atom. The molecule has 0 saturated carbocycles. The Labute approximate surface area is 194 Å². The molecule has 1 aromatic heterocycles. The first-order valence-corrected chi connectivity index (χ1v) is 10.8. The number of hydrogen-bond acceptors (Lipinski definition) is 6. The summed E-state index contributed by atoms with van der Waals surface area (Å²) in [6, 6.07) is 4.18. The van der Waals surface area contributed by atoms with Crippen LogP contribution in [-0.2, 0) is 30.4 Å². The Morgan fingerprint density at radius 1 is 1.00 bits per heavy atom. The second kappa shape index (κ2) is 11.3. The predicted octanol–water partition coefficient (Wildman–Crippen LogP) is -0.892. The molecule has 2 aromatic rings. The molecular formula is C22H27N5O7. The first-order valence-electron chi connectivity index (χ1n) is 10.8. The maximum absolute atomic E-state index is 13.0. The number of carbonyl (C=O) groups is 5. The van der Waals surface area contributed by atoms with Gasteiger partial charge in [-0.15, -0.1) is 0 Å². The van der Waals surface area contributed by atoms with Crippen LogP contribution in [-0.4, -0.2) is 76.1 Å². The van der Waals surface area contributed by atoms with Gasteiger partial charge < -0.3 is 36.5 Å². The average Bonchev–Trinajstić information content (AvgIpc) is 3.47. The monoisotopic (exact) mass is 473 g/mol. The number of nitrogens with one attached hydrogen (secondary N) is 5. The number of carboxylic acids is 2. The minimum atomic E-state index is -1.41. The number of fused-ring (bicyclic) bond motifs is 1. The number of H-pyrrole nitrogens is 1. The number of aromatic amines is 1. The lowest BCUT2D eigenvalue weighted by molar-refractivity contribution is -0.141. The number of carbonyl (C=O) groups excluding carboxylic acids is 3. The Hall–Kier alpha value is -3.93. The molecule has 1 fully saturated rings. The van der Waals surface area contributed by atoms with Gasteiger partial charge in [-0.2, -0.15) is 0 Å². The van der Waals surface area contributed by atoms with E-state index in [1.165, 1.54) is 0 Å². The van der Waals surface area contributed by atoms with E-state index in [2.05, 4.69) is 26.3 Å². The van der Waals surface area contributed by atoms with Crippen LogP contribution in [0.2, 0.25) is 0 Å². The Morgan fingerprint density at radius 2 is 1.76 bits per heavy atom. The van der Waals surface area contributed by atoms with Crippen molar-refractivity contribution < 1.29 is 34.2 Å². The average molecular weight is 473 g/mol. The van der Waals surface area contributed by atoms with Crippen LogP contribution in [0, 0.1) is 0 Å². The number of para-hydroxylation sites is 1. The van der Waals surface area contributed by atoms with E-state index in [0.717, 1.165) is 17.3 Å². The minimum Gasteiger partial charge on any atom is -0.481 e. The summed E-state index contributed by atoms with van der Waals surface area (Å²) >= 11 is 0. The first-order chi connectivity index (χ1) is 16.2. The van der Waals surface area contributed by atoms with Crippen LogP contribution >= 0.6 is 0 Å². The van der Waals surface area contributed by atoms with Gasteiger partial charge in [0, 0.05) is 23.5 Å². The fourth-order valence-corrected chi connectivity index (χ4v) is 3.85.